The Hall–Kier alpha value is -1.21. The van der Waals surface area contributed by atoms with Crippen LogP contribution in [0.3, 0.4) is 0 Å². The van der Waals surface area contributed by atoms with E-state index in [1.54, 1.807) is 17.4 Å². The standard InChI is InChI=1S/C16H20O4S2/c1-13-5-2-3-6-14(13)11-22(18,19)12-15(17)9-20-10-16-7-4-8-21-16/h2-8,15,17H,9-12H2,1H3. The quantitative estimate of drug-likeness (QED) is 0.802. The molecule has 6 heteroatoms. The van der Waals surface area contributed by atoms with Crippen LogP contribution in [0.25, 0.3) is 0 Å². The Kier molecular flexibility index (Phi) is 6.14. The molecule has 0 aliphatic heterocycles. The molecule has 0 saturated heterocycles. The highest BCUT2D eigenvalue weighted by molar-refractivity contribution is 7.90. The molecule has 0 bridgehead atoms. The Balaban J connectivity index is 1.81. The summed E-state index contributed by atoms with van der Waals surface area (Å²) in [6.07, 6.45) is -1.01. The van der Waals surface area contributed by atoms with Crippen molar-refractivity contribution in [2.75, 3.05) is 12.4 Å². The predicted octanol–water partition coefficient (Wildman–Crippen LogP) is 2.55. The van der Waals surface area contributed by atoms with Gasteiger partial charge in [0.1, 0.15) is 0 Å². The fraction of sp³-hybridized carbons (Fsp3) is 0.375. The Morgan fingerprint density at radius 1 is 1.23 bits per heavy atom. The molecule has 1 N–H and O–H groups in total. The van der Waals surface area contributed by atoms with E-state index in [0.29, 0.717) is 6.61 Å². The maximum atomic E-state index is 12.1. The summed E-state index contributed by atoms with van der Waals surface area (Å²) in [6.45, 7) is 2.29. The van der Waals surface area contributed by atoms with Gasteiger partial charge in [0.05, 0.1) is 30.8 Å². The lowest BCUT2D eigenvalue weighted by atomic mass is 10.1. The number of ether oxygens (including phenoxy) is 1. The van der Waals surface area contributed by atoms with E-state index >= 15 is 0 Å². The number of aliphatic hydroxyl groups excluding tert-OH is 1. The first kappa shape index (κ1) is 17.1. The Labute approximate surface area is 135 Å². The number of benzene rings is 1. The van der Waals surface area contributed by atoms with Gasteiger partial charge in [0.2, 0.25) is 0 Å². The van der Waals surface area contributed by atoms with Gasteiger partial charge in [-0.1, -0.05) is 30.3 Å². The van der Waals surface area contributed by atoms with Gasteiger partial charge < -0.3 is 9.84 Å². The van der Waals surface area contributed by atoms with Crippen LogP contribution in [0.1, 0.15) is 16.0 Å². The van der Waals surface area contributed by atoms with E-state index in [-0.39, 0.29) is 18.1 Å². The number of aliphatic hydroxyl groups is 1. The lowest BCUT2D eigenvalue weighted by molar-refractivity contribution is 0.0401. The van der Waals surface area contributed by atoms with Gasteiger partial charge >= 0.3 is 0 Å². The van der Waals surface area contributed by atoms with Crippen molar-refractivity contribution in [2.45, 2.75) is 25.4 Å². The topological polar surface area (TPSA) is 63.6 Å². The fourth-order valence-corrected chi connectivity index (χ4v) is 4.34. The van der Waals surface area contributed by atoms with Crippen molar-refractivity contribution in [3.8, 4) is 0 Å². The molecule has 1 atom stereocenters. The van der Waals surface area contributed by atoms with Gasteiger partial charge in [-0.2, -0.15) is 0 Å². The molecule has 1 heterocycles. The molecule has 0 radical (unpaired) electrons. The van der Waals surface area contributed by atoms with Crippen LogP contribution < -0.4 is 0 Å². The van der Waals surface area contributed by atoms with Crippen molar-refractivity contribution in [1.29, 1.82) is 0 Å². The summed E-state index contributed by atoms with van der Waals surface area (Å²) in [7, 11) is -3.37. The van der Waals surface area contributed by atoms with Crippen LogP contribution in [0.15, 0.2) is 41.8 Å². The van der Waals surface area contributed by atoms with Crippen molar-refractivity contribution in [2.24, 2.45) is 0 Å². The van der Waals surface area contributed by atoms with Crippen molar-refractivity contribution < 1.29 is 18.3 Å². The summed E-state index contributed by atoms with van der Waals surface area (Å²) in [5, 5.41) is 11.8. The summed E-state index contributed by atoms with van der Waals surface area (Å²) in [6, 6.07) is 11.2. The minimum atomic E-state index is -3.37. The van der Waals surface area contributed by atoms with Gasteiger partial charge in [0.15, 0.2) is 9.84 Å². The molecule has 1 aromatic heterocycles. The van der Waals surface area contributed by atoms with Crippen LogP contribution in [0, 0.1) is 6.92 Å². The smallest absolute Gasteiger partial charge is 0.157 e. The molecule has 0 amide bonds. The Bertz CT molecular complexity index is 678. The van der Waals surface area contributed by atoms with Gasteiger partial charge in [-0.3, -0.25) is 0 Å². The van der Waals surface area contributed by atoms with E-state index in [9.17, 15) is 13.5 Å². The number of sulfone groups is 1. The first-order valence-corrected chi connectivity index (χ1v) is 9.69. The van der Waals surface area contributed by atoms with Crippen molar-refractivity contribution >= 4 is 21.2 Å². The van der Waals surface area contributed by atoms with E-state index < -0.39 is 15.9 Å². The zero-order valence-electron chi connectivity index (χ0n) is 12.4. The molecule has 0 aliphatic carbocycles. The molecule has 22 heavy (non-hydrogen) atoms. The number of hydrogen-bond acceptors (Lipinski definition) is 5. The summed E-state index contributed by atoms with van der Waals surface area (Å²) < 4.78 is 29.6. The lowest BCUT2D eigenvalue weighted by Crippen LogP contribution is -2.26. The number of hydrogen-bond donors (Lipinski definition) is 1. The molecule has 120 valence electrons. The third-order valence-electron chi connectivity index (χ3n) is 3.22. The highest BCUT2D eigenvalue weighted by Crippen LogP contribution is 2.13. The molecule has 1 aromatic carbocycles. The highest BCUT2D eigenvalue weighted by atomic mass is 32.2. The van der Waals surface area contributed by atoms with Crippen molar-refractivity contribution in [3.05, 3.63) is 57.8 Å². The molecule has 0 spiro atoms. The van der Waals surface area contributed by atoms with Gasteiger partial charge in [0.25, 0.3) is 0 Å². The van der Waals surface area contributed by atoms with E-state index in [1.165, 1.54) is 0 Å². The van der Waals surface area contributed by atoms with E-state index in [2.05, 4.69) is 0 Å². The number of thiophene rings is 1. The normalized spacial score (nSPS) is 13.2. The van der Waals surface area contributed by atoms with Crippen molar-refractivity contribution in [1.82, 2.24) is 0 Å². The fourth-order valence-electron chi connectivity index (χ4n) is 2.10. The first-order valence-electron chi connectivity index (χ1n) is 6.99. The maximum absolute atomic E-state index is 12.1. The molecule has 0 fully saturated rings. The van der Waals surface area contributed by atoms with E-state index in [4.69, 9.17) is 4.74 Å². The third-order valence-corrected chi connectivity index (χ3v) is 5.71. The minimum absolute atomic E-state index is 0.0188. The summed E-state index contributed by atoms with van der Waals surface area (Å²) in [5.41, 5.74) is 1.71. The molecule has 2 aromatic rings. The Morgan fingerprint density at radius 3 is 2.68 bits per heavy atom. The SMILES string of the molecule is Cc1ccccc1CS(=O)(=O)CC(O)COCc1cccs1. The second-order valence-corrected chi connectivity index (χ2v) is 8.37. The second-order valence-electron chi connectivity index (χ2n) is 5.23. The first-order chi connectivity index (χ1) is 10.5. The van der Waals surface area contributed by atoms with Crippen LogP contribution in [-0.4, -0.2) is 32.0 Å². The van der Waals surface area contributed by atoms with Crippen LogP contribution in [-0.2, 0) is 26.9 Å². The van der Waals surface area contributed by atoms with Gasteiger partial charge in [-0.05, 0) is 29.5 Å². The van der Waals surface area contributed by atoms with Crippen LogP contribution in [0.5, 0.6) is 0 Å². The number of aryl methyl sites for hydroxylation is 1. The minimum Gasteiger partial charge on any atom is -0.390 e. The van der Waals surface area contributed by atoms with Gasteiger partial charge in [0, 0.05) is 4.88 Å². The summed E-state index contributed by atoms with van der Waals surface area (Å²) in [4.78, 5) is 1.05. The molecular formula is C16H20O4S2. The maximum Gasteiger partial charge on any atom is 0.157 e. The third kappa shape index (κ3) is 5.53. The zero-order chi connectivity index (χ0) is 16.0. The van der Waals surface area contributed by atoms with Crippen LogP contribution in [0.2, 0.25) is 0 Å². The average Bonchev–Trinajstić information content (AvgIpc) is 2.94. The van der Waals surface area contributed by atoms with Crippen molar-refractivity contribution in [3.63, 3.8) is 0 Å². The van der Waals surface area contributed by atoms with Gasteiger partial charge in [-0.15, -0.1) is 11.3 Å². The monoisotopic (exact) mass is 340 g/mol. The highest BCUT2D eigenvalue weighted by Gasteiger charge is 2.19. The summed E-state index contributed by atoms with van der Waals surface area (Å²) in [5.74, 6) is -0.340. The van der Waals surface area contributed by atoms with Crippen LogP contribution in [0.4, 0.5) is 0 Å². The predicted molar refractivity (Wildman–Crippen MR) is 88.7 cm³/mol. The molecule has 2 rings (SSSR count). The molecular weight excluding hydrogens is 320 g/mol. The zero-order valence-corrected chi connectivity index (χ0v) is 14.1. The second kappa shape index (κ2) is 7.87. The molecule has 1 unspecified atom stereocenters. The van der Waals surface area contributed by atoms with Crippen LogP contribution >= 0.6 is 11.3 Å². The molecule has 0 saturated carbocycles. The average molecular weight is 340 g/mol. The van der Waals surface area contributed by atoms with Gasteiger partial charge in [-0.25, -0.2) is 8.42 Å². The lowest BCUT2D eigenvalue weighted by Gasteiger charge is -2.12. The number of rotatable bonds is 8. The van der Waals surface area contributed by atoms with E-state index in [0.717, 1.165) is 16.0 Å². The Morgan fingerprint density at radius 2 is 2.00 bits per heavy atom. The van der Waals surface area contributed by atoms with E-state index in [1.807, 2.05) is 42.6 Å². The molecule has 0 aliphatic rings. The largest absolute Gasteiger partial charge is 0.390 e. The molecule has 4 nitrogen and oxygen atoms in total. The summed E-state index contributed by atoms with van der Waals surface area (Å²) >= 11 is 1.57.